The minimum absolute atomic E-state index is 0.00916. The van der Waals surface area contributed by atoms with Gasteiger partial charge in [0.2, 0.25) is 11.8 Å². The molecule has 0 spiro atoms. The number of hydrogen-bond acceptors (Lipinski definition) is 6. The lowest BCUT2D eigenvalue weighted by Crippen LogP contribution is -2.45. The summed E-state index contributed by atoms with van der Waals surface area (Å²) in [5.41, 5.74) is 2.06. The molecule has 1 aliphatic rings. The molecule has 1 atom stereocenters. The smallest absolute Gasteiger partial charge is 0.271 e. The molecule has 0 saturated carbocycles. The van der Waals surface area contributed by atoms with Crippen LogP contribution in [-0.2, 0) is 4.79 Å². The van der Waals surface area contributed by atoms with Gasteiger partial charge >= 0.3 is 0 Å². The van der Waals surface area contributed by atoms with Crippen LogP contribution in [0.3, 0.4) is 0 Å². The van der Waals surface area contributed by atoms with Gasteiger partial charge in [-0.05, 0) is 44.6 Å². The summed E-state index contributed by atoms with van der Waals surface area (Å²) >= 11 is 0. The molecule has 1 aliphatic heterocycles. The largest absolute Gasteiger partial charge is 0.481 e. The summed E-state index contributed by atoms with van der Waals surface area (Å²) in [4.78, 5) is 35.6. The number of anilines is 1. The molecule has 8 heteroatoms. The monoisotopic (exact) mass is 411 g/mol. The third-order valence-electron chi connectivity index (χ3n) is 5.00. The zero-order chi connectivity index (χ0) is 21.5. The Morgan fingerprint density at radius 1 is 1.40 bits per heavy atom. The van der Waals surface area contributed by atoms with Crippen LogP contribution in [0.15, 0.2) is 47.5 Å². The molecule has 1 amide bonds. The predicted molar refractivity (Wildman–Crippen MR) is 118 cm³/mol. The highest BCUT2D eigenvalue weighted by Gasteiger charge is 2.23. The second-order valence-corrected chi connectivity index (χ2v) is 7.65. The van der Waals surface area contributed by atoms with Gasteiger partial charge in [0, 0.05) is 55.8 Å². The van der Waals surface area contributed by atoms with Crippen molar-refractivity contribution < 1.29 is 9.53 Å². The van der Waals surface area contributed by atoms with Crippen LogP contribution in [0.2, 0.25) is 0 Å². The number of hydrogen-bond donors (Lipinski definition) is 2. The Balaban J connectivity index is 1.70. The molecule has 3 heterocycles. The van der Waals surface area contributed by atoms with Crippen LogP contribution in [0.25, 0.3) is 11.1 Å². The summed E-state index contributed by atoms with van der Waals surface area (Å²) in [6, 6.07) is 5.53. The van der Waals surface area contributed by atoms with Crippen molar-refractivity contribution in [1.82, 2.24) is 19.8 Å². The standard InChI is InChI=1S/C22H29N5O3/c1-26(2)10-5-7-21(28)27-11-4-6-18(15-27)25-19-12-17(14-24-22(19)29)16-8-9-23-20(13-16)30-3/h5,7-9,12-14,18,25H,4,6,10-11,15H2,1-3H3,(H,24,29)/b7-5+/t18-/m1/s1. The number of pyridine rings is 2. The molecule has 0 radical (unpaired) electrons. The summed E-state index contributed by atoms with van der Waals surface area (Å²) in [6.07, 6.45) is 8.64. The topological polar surface area (TPSA) is 90.6 Å². The van der Waals surface area contributed by atoms with Crippen LogP contribution in [0, 0.1) is 0 Å². The van der Waals surface area contributed by atoms with E-state index in [0.717, 1.165) is 37.1 Å². The predicted octanol–water partition coefficient (Wildman–Crippen LogP) is 1.97. The molecule has 30 heavy (non-hydrogen) atoms. The Bertz CT molecular complexity index is 954. The second kappa shape index (κ2) is 10.1. The quantitative estimate of drug-likeness (QED) is 0.677. The summed E-state index contributed by atoms with van der Waals surface area (Å²) in [5.74, 6) is 0.520. The maximum absolute atomic E-state index is 12.5. The van der Waals surface area contributed by atoms with E-state index in [1.54, 1.807) is 25.6 Å². The SMILES string of the molecule is COc1cc(-c2c[nH]c(=O)c(N[C@@H]3CCCN(C(=O)/C=C/CN(C)C)C3)c2)ccn1. The van der Waals surface area contributed by atoms with E-state index in [0.29, 0.717) is 18.1 Å². The van der Waals surface area contributed by atoms with Crippen LogP contribution >= 0.6 is 0 Å². The van der Waals surface area contributed by atoms with Crippen LogP contribution in [0.4, 0.5) is 5.69 Å². The number of aromatic amines is 1. The van der Waals surface area contributed by atoms with Crippen molar-refractivity contribution in [3.63, 3.8) is 0 Å². The molecule has 0 aliphatic carbocycles. The van der Waals surface area contributed by atoms with Gasteiger partial charge in [-0.15, -0.1) is 0 Å². The van der Waals surface area contributed by atoms with Gasteiger partial charge in [0.25, 0.3) is 5.56 Å². The van der Waals surface area contributed by atoms with E-state index in [2.05, 4.69) is 15.3 Å². The van der Waals surface area contributed by atoms with Crippen molar-refractivity contribution >= 4 is 11.6 Å². The number of nitrogens with zero attached hydrogens (tertiary/aromatic N) is 3. The number of aromatic nitrogens is 2. The van der Waals surface area contributed by atoms with Gasteiger partial charge in [0.1, 0.15) is 5.69 Å². The van der Waals surface area contributed by atoms with Crippen LogP contribution in [0.1, 0.15) is 12.8 Å². The molecule has 3 rings (SSSR count). The average molecular weight is 412 g/mol. The first-order valence-corrected chi connectivity index (χ1v) is 10.1. The van der Waals surface area contributed by atoms with E-state index in [-0.39, 0.29) is 17.5 Å². The number of H-pyrrole nitrogens is 1. The number of ether oxygens (including phenoxy) is 1. The number of carbonyl (C=O) groups is 1. The maximum atomic E-state index is 12.5. The first-order valence-electron chi connectivity index (χ1n) is 10.1. The lowest BCUT2D eigenvalue weighted by molar-refractivity contribution is -0.127. The highest BCUT2D eigenvalue weighted by Crippen LogP contribution is 2.23. The van der Waals surface area contributed by atoms with E-state index >= 15 is 0 Å². The summed E-state index contributed by atoms with van der Waals surface area (Å²) < 4.78 is 5.18. The van der Waals surface area contributed by atoms with Crippen molar-refractivity contribution in [2.24, 2.45) is 0 Å². The molecule has 2 N–H and O–H groups in total. The summed E-state index contributed by atoms with van der Waals surface area (Å²) in [6.45, 7) is 2.03. The van der Waals surface area contributed by atoms with E-state index in [9.17, 15) is 9.59 Å². The van der Waals surface area contributed by atoms with Crippen LogP contribution < -0.4 is 15.6 Å². The van der Waals surface area contributed by atoms with Gasteiger partial charge in [0.05, 0.1) is 7.11 Å². The third-order valence-corrected chi connectivity index (χ3v) is 5.00. The molecule has 2 aromatic heterocycles. The van der Waals surface area contributed by atoms with Crippen LogP contribution in [-0.4, -0.2) is 72.6 Å². The van der Waals surface area contributed by atoms with Crippen molar-refractivity contribution in [2.45, 2.75) is 18.9 Å². The summed E-state index contributed by atoms with van der Waals surface area (Å²) in [5, 5.41) is 3.33. The van der Waals surface area contributed by atoms with E-state index in [1.807, 2.05) is 48.2 Å². The number of methoxy groups -OCH3 is 1. The molecule has 0 unspecified atom stereocenters. The highest BCUT2D eigenvalue weighted by molar-refractivity contribution is 5.87. The third kappa shape index (κ3) is 5.70. The normalized spacial score (nSPS) is 16.8. The molecular formula is C22H29N5O3. The minimum atomic E-state index is -0.186. The van der Waals surface area contributed by atoms with Crippen molar-refractivity contribution in [3.8, 4) is 17.0 Å². The fourth-order valence-electron chi connectivity index (χ4n) is 3.44. The Morgan fingerprint density at radius 2 is 2.23 bits per heavy atom. The first kappa shape index (κ1) is 21.6. The van der Waals surface area contributed by atoms with Gasteiger partial charge in [0.15, 0.2) is 0 Å². The molecule has 8 nitrogen and oxygen atoms in total. The van der Waals surface area contributed by atoms with Crippen molar-refractivity contribution in [3.05, 3.63) is 53.1 Å². The van der Waals surface area contributed by atoms with E-state index < -0.39 is 0 Å². The lowest BCUT2D eigenvalue weighted by atomic mass is 10.0. The van der Waals surface area contributed by atoms with E-state index in [4.69, 9.17) is 4.74 Å². The Morgan fingerprint density at radius 3 is 3.00 bits per heavy atom. The van der Waals surface area contributed by atoms with Gasteiger partial charge in [-0.25, -0.2) is 4.98 Å². The van der Waals surface area contributed by atoms with Gasteiger partial charge in [-0.2, -0.15) is 0 Å². The fraction of sp³-hybridized carbons (Fsp3) is 0.409. The number of likely N-dealkylation sites (N-methyl/N-ethyl adjacent to an activating group) is 1. The number of likely N-dealkylation sites (tertiary alicyclic amines) is 1. The Labute approximate surface area is 176 Å². The number of nitrogens with one attached hydrogen (secondary N) is 2. The Hall–Kier alpha value is -3.13. The first-order chi connectivity index (χ1) is 14.5. The van der Waals surface area contributed by atoms with Gasteiger partial charge < -0.3 is 24.8 Å². The Kier molecular flexibility index (Phi) is 7.24. The van der Waals surface area contributed by atoms with Crippen molar-refractivity contribution in [1.29, 1.82) is 0 Å². The van der Waals surface area contributed by atoms with Crippen LogP contribution in [0.5, 0.6) is 5.88 Å². The molecule has 0 bridgehead atoms. The maximum Gasteiger partial charge on any atom is 0.271 e. The highest BCUT2D eigenvalue weighted by atomic mass is 16.5. The van der Waals surface area contributed by atoms with Gasteiger partial charge in [-0.3, -0.25) is 9.59 Å². The number of amides is 1. The van der Waals surface area contributed by atoms with E-state index in [1.165, 1.54) is 0 Å². The molecule has 160 valence electrons. The van der Waals surface area contributed by atoms with Crippen molar-refractivity contribution in [2.75, 3.05) is 46.2 Å². The minimum Gasteiger partial charge on any atom is -0.481 e. The molecule has 0 aromatic carbocycles. The fourth-order valence-corrected chi connectivity index (χ4v) is 3.44. The second-order valence-electron chi connectivity index (χ2n) is 7.65. The lowest BCUT2D eigenvalue weighted by Gasteiger charge is -2.33. The number of rotatable bonds is 7. The number of carbonyl (C=O) groups excluding carboxylic acids is 1. The van der Waals surface area contributed by atoms with Gasteiger partial charge in [-0.1, -0.05) is 6.08 Å². The number of piperidine rings is 1. The molecule has 1 saturated heterocycles. The zero-order valence-corrected chi connectivity index (χ0v) is 17.7. The zero-order valence-electron chi connectivity index (χ0n) is 17.7. The molecule has 1 fully saturated rings. The average Bonchev–Trinajstić information content (AvgIpc) is 2.75. The molecular weight excluding hydrogens is 382 g/mol. The molecule has 2 aromatic rings. The summed E-state index contributed by atoms with van der Waals surface area (Å²) in [7, 11) is 5.49.